The highest BCUT2D eigenvalue weighted by molar-refractivity contribution is 8.00. The van der Waals surface area contributed by atoms with Crippen LogP contribution in [0.3, 0.4) is 0 Å². The minimum atomic E-state index is -0.261. The molecule has 2 rings (SSSR count). The third-order valence-corrected chi connectivity index (χ3v) is 5.64. The second-order valence-electron chi connectivity index (χ2n) is 5.98. The lowest BCUT2D eigenvalue weighted by molar-refractivity contribution is -0.121. The zero-order valence-electron chi connectivity index (χ0n) is 14.0. The molecular formula is C16H22N4OS2. The van der Waals surface area contributed by atoms with Crippen LogP contribution in [0.1, 0.15) is 13.8 Å². The SMILES string of the molecule is CSC(C)(C)[C@@H](C(=O)Nc1snnc1-c1ccccc1)N(C)C. The molecule has 23 heavy (non-hydrogen) atoms. The molecule has 1 aromatic carbocycles. The van der Waals surface area contributed by atoms with Gasteiger partial charge < -0.3 is 5.32 Å². The largest absolute Gasteiger partial charge is 0.313 e. The number of likely N-dealkylation sites (N-methyl/N-ethyl adjacent to an activating group) is 1. The van der Waals surface area contributed by atoms with E-state index < -0.39 is 0 Å². The molecule has 0 aliphatic rings. The van der Waals surface area contributed by atoms with E-state index in [9.17, 15) is 4.79 Å². The van der Waals surface area contributed by atoms with Crippen molar-refractivity contribution in [2.75, 3.05) is 25.7 Å². The van der Waals surface area contributed by atoms with Crippen LogP contribution in [0.15, 0.2) is 30.3 Å². The highest BCUT2D eigenvalue weighted by Crippen LogP contribution is 2.32. The summed E-state index contributed by atoms with van der Waals surface area (Å²) in [4.78, 5) is 14.8. The minimum absolute atomic E-state index is 0.0439. The Kier molecular flexibility index (Phi) is 5.78. The van der Waals surface area contributed by atoms with Gasteiger partial charge in [0.05, 0.1) is 0 Å². The van der Waals surface area contributed by atoms with Gasteiger partial charge in [0.2, 0.25) is 5.91 Å². The number of rotatable bonds is 6. The zero-order valence-corrected chi connectivity index (χ0v) is 15.7. The van der Waals surface area contributed by atoms with E-state index in [0.717, 1.165) is 5.56 Å². The fourth-order valence-corrected chi connectivity index (χ4v) is 3.66. The lowest BCUT2D eigenvalue weighted by Crippen LogP contribution is -2.51. The molecule has 1 amide bonds. The van der Waals surface area contributed by atoms with Crippen molar-refractivity contribution < 1.29 is 4.79 Å². The van der Waals surface area contributed by atoms with E-state index in [2.05, 4.69) is 28.8 Å². The number of benzene rings is 1. The Balaban J connectivity index is 2.26. The fourth-order valence-electron chi connectivity index (χ4n) is 2.52. The van der Waals surface area contributed by atoms with Gasteiger partial charge in [0.25, 0.3) is 0 Å². The van der Waals surface area contributed by atoms with Gasteiger partial charge >= 0.3 is 0 Å². The Morgan fingerprint density at radius 3 is 2.52 bits per heavy atom. The van der Waals surface area contributed by atoms with E-state index in [1.54, 1.807) is 11.8 Å². The smallest absolute Gasteiger partial charge is 0.243 e. The molecule has 7 heteroatoms. The van der Waals surface area contributed by atoms with Crippen molar-refractivity contribution in [1.29, 1.82) is 0 Å². The molecule has 0 aliphatic heterocycles. The van der Waals surface area contributed by atoms with E-state index in [1.807, 2.05) is 55.6 Å². The van der Waals surface area contributed by atoms with Crippen LogP contribution in [-0.2, 0) is 4.79 Å². The third kappa shape index (κ3) is 4.10. The molecule has 0 spiro atoms. The number of carbonyl (C=O) groups excluding carboxylic acids is 1. The first-order chi connectivity index (χ1) is 10.9. The number of carbonyl (C=O) groups is 1. The van der Waals surface area contributed by atoms with Gasteiger partial charge in [0.1, 0.15) is 16.7 Å². The van der Waals surface area contributed by atoms with E-state index in [4.69, 9.17) is 0 Å². The van der Waals surface area contributed by atoms with Crippen molar-refractivity contribution in [3.05, 3.63) is 30.3 Å². The Morgan fingerprint density at radius 2 is 1.96 bits per heavy atom. The number of thioether (sulfide) groups is 1. The normalized spacial score (nSPS) is 13.1. The van der Waals surface area contributed by atoms with Gasteiger partial charge in [-0.2, -0.15) is 11.8 Å². The van der Waals surface area contributed by atoms with Crippen LogP contribution < -0.4 is 5.32 Å². The lowest BCUT2D eigenvalue weighted by Gasteiger charge is -2.36. The number of hydrogen-bond donors (Lipinski definition) is 1. The maximum absolute atomic E-state index is 12.8. The molecule has 1 aromatic heterocycles. The summed E-state index contributed by atoms with van der Waals surface area (Å²) in [5.74, 6) is -0.0439. The van der Waals surface area contributed by atoms with E-state index in [1.165, 1.54) is 11.5 Å². The second-order valence-corrected chi connectivity index (χ2v) is 8.19. The minimum Gasteiger partial charge on any atom is -0.313 e. The molecule has 1 atom stereocenters. The van der Waals surface area contributed by atoms with E-state index in [0.29, 0.717) is 10.7 Å². The summed E-state index contributed by atoms with van der Waals surface area (Å²) in [5, 5.41) is 7.86. The predicted octanol–water partition coefficient (Wildman–Crippen LogP) is 3.22. The first-order valence-corrected chi connectivity index (χ1v) is 9.27. The third-order valence-electron chi connectivity index (χ3n) is 3.72. The number of nitrogens with one attached hydrogen (secondary N) is 1. The van der Waals surface area contributed by atoms with Gasteiger partial charge in [-0.05, 0) is 34.2 Å². The molecule has 5 nitrogen and oxygen atoms in total. The van der Waals surface area contributed by atoms with Crippen molar-refractivity contribution in [3.8, 4) is 11.3 Å². The Labute approximate surface area is 145 Å². The lowest BCUT2D eigenvalue weighted by atomic mass is 10.0. The van der Waals surface area contributed by atoms with Crippen LogP contribution in [0, 0.1) is 0 Å². The van der Waals surface area contributed by atoms with E-state index >= 15 is 0 Å². The molecule has 0 radical (unpaired) electrons. The highest BCUT2D eigenvalue weighted by atomic mass is 32.2. The standard InChI is InChI=1S/C16H22N4OS2/c1-16(2,22-5)13(20(3)4)14(21)17-15-12(18-19-23-15)11-9-7-6-8-10-11/h6-10,13H,1-5H3,(H,17,21)/t13-/m1/s1. The Morgan fingerprint density at radius 1 is 1.30 bits per heavy atom. The number of aromatic nitrogens is 2. The summed E-state index contributed by atoms with van der Waals surface area (Å²) in [6, 6.07) is 9.50. The molecule has 1 heterocycles. The first kappa shape index (κ1) is 17.9. The quantitative estimate of drug-likeness (QED) is 0.867. The molecule has 0 fully saturated rings. The highest BCUT2D eigenvalue weighted by Gasteiger charge is 2.37. The zero-order chi connectivity index (χ0) is 17.0. The summed E-state index contributed by atoms with van der Waals surface area (Å²) < 4.78 is 3.79. The number of nitrogens with zero attached hydrogens (tertiary/aromatic N) is 3. The molecular weight excluding hydrogens is 328 g/mol. The van der Waals surface area contributed by atoms with Crippen LogP contribution in [0.2, 0.25) is 0 Å². The van der Waals surface area contributed by atoms with Gasteiger partial charge in [-0.3, -0.25) is 9.69 Å². The van der Waals surface area contributed by atoms with Gasteiger partial charge in [0, 0.05) is 21.8 Å². The molecule has 1 N–H and O–H groups in total. The summed E-state index contributed by atoms with van der Waals surface area (Å²) >= 11 is 2.88. The van der Waals surface area contributed by atoms with Crippen LogP contribution in [0.5, 0.6) is 0 Å². The van der Waals surface area contributed by atoms with Gasteiger partial charge in [-0.25, -0.2) is 0 Å². The average molecular weight is 351 g/mol. The second kappa shape index (κ2) is 7.42. The van der Waals surface area contributed by atoms with Crippen LogP contribution >= 0.6 is 23.3 Å². The maximum atomic E-state index is 12.8. The van der Waals surface area contributed by atoms with Crippen LogP contribution in [0.4, 0.5) is 5.00 Å². The molecule has 124 valence electrons. The molecule has 0 saturated carbocycles. The maximum Gasteiger partial charge on any atom is 0.243 e. The topological polar surface area (TPSA) is 58.1 Å². The van der Waals surface area contributed by atoms with Crippen LogP contribution in [0.25, 0.3) is 11.3 Å². The van der Waals surface area contributed by atoms with Crippen molar-refractivity contribution >= 4 is 34.2 Å². The number of amides is 1. The van der Waals surface area contributed by atoms with E-state index in [-0.39, 0.29) is 16.7 Å². The van der Waals surface area contributed by atoms with Crippen molar-refractivity contribution in [1.82, 2.24) is 14.5 Å². The molecule has 0 saturated heterocycles. The first-order valence-electron chi connectivity index (χ1n) is 7.27. The number of anilines is 1. The molecule has 0 bridgehead atoms. The molecule has 2 aromatic rings. The van der Waals surface area contributed by atoms with Gasteiger partial charge in [0.15, 0.2) is 0 Å². The molecule has 0 unspecified atom stereocenters. The van der Waals surface area contributed by atoms with Crippen molar-refractivity contribution in [2.24, 2.45) is 0 Å². The fraction of sp³-hybridized carbons (Fsp3) is 0.438. The summed E-state index contributed by atoms with van der Waals surface area (Å²) in [6.07, 6.45) is 2.02. The summed E-state index contributed by atoms with van der Waals surface area (Å²) in [5.41, 5.74) is 1.66. The van der Waals surface area contributed by atoms with Crippen molar-refractivity contribution in [3.63, 3.8) is 0 Å². The summed E-state index contributed by atoms with van der Waals surface area (Å²) in [7, 11) is 3.84. The number of hydrogen-bond acceptors (Lipinski definition) is 6. The van der Waals surface area contributed by atoms with Crippen molar-refractivity contribution in [2.45, 2.75) is 24.6 Å². The summed E-state index contributed by atoms with van der Waals surface area (Å²) in [6.45, 7) is 4.15. The van der Waals surface area contributed by atoms with Gasteiger partial charge in [-0.1, -0.05) is 34.8 Å². The predicted molar refractivity (Wildman–Crippen MR) is 99.0 cm³/mol. The molecule has 0 aliphatic carbocycles. The average Bonchev–Trinajstić information content (AvgIpc) is 2.95. The Hall–Kier alpha value is -1.44. The van der Waals surface area contributed by atoms with Gasteiger partial charge in [-0.15, -0.1) is 5.10 Å². The monoisotopic (exact) mass is 350 g/mol. The Bertz CT molecular complexity index is 655. The van der Waals surface area contributed by atoms with Crippen LogP contribution in [-0.4, -0.2) is 51.5 Å².